The minimum absolute atomic E-state index is 0.00140. The van der Waals surface area contributed by atoms with E-state index in [9.17, 15) is 9.59 Å². The molecule has 2 aromatic rings. The van der Waals surface area contributed by atoms with E-state index in [0.717, 1.165) is 3.57 Å². The summed E-state index contributed by atoms with van der Waals surface area (Å²) in [5.74, 6) is -1.49. The second-order valence-electron chi connectivity index (χ2n) is 4.04. The summed E-state index contributed by atoms with van der Waals surface area (Å²) in [7, 11) is 0. The quantitative estimate of drug-likeness (QED) is 0.562. The molecule has 2 aromatic carbocycles. The van der Waals surface area contributed by atoms with Gasteiger partial charge in [0, 0.05) is 9.26 Å². The lowest BCUT2D eigenvalue weighted by atomic mass is 10.1. The van der Waals surface area contributed by atoms with Crippen LogP contribution in [0.4, 0.5) is 11.4 Å². The number of rotatable bonds is 3. The summed E-state index contributed by atoms with van der Waals surface area (Å²) in [6.07, 6.45) is 0. The molecule has 0 fully saturated rings. The number of nitrogen functional groups attached to an aromatic ring is 1. The van der Waals surface area contributed by atoms with E-state index in [2.05, 4.69) is 5.32 Å². The second kappa shape index (κ2) is 5.91. The molecule has 20 heavy (non-hydrogen) atoms. The summed E-state index contributed by atoms with van der Waals surface area (Å²) in [5, 5.41) is 11.7. The standard InChI is InChI=1S/C14H11IN2O3/c15-11-4-2-1-3-9(11)13(18)17-12-7-8(16)5-6-10(12)14(19)20/h1-7H,16H2,(H,17,18)(H,19,20). The van der Waals surface area contributed by atoms with Crippen LogP contribution < -0.4 is 11.1 Å². The number of anilines is 2. The molecule has 0 saturated heterocycles. The minimum atomic E-state index is -1.12. The molecule has 0 radical (unpaired) electrons. The highest BCUT2D eigenvalue weighted by molar-refractivity contribution is 14.1. The van der Waals surface area contributed by atoms with Crippen LogP contribution in [0.5, 0.6) is 0 Å². The summed E-state index contributed by atoms with van der Waals surface area (Å²) in [6.45, 7) is 0. The molecule has 0 aliphatic heterocycles. The van der Waals surface area contributed by atoms with Gasteiger partial charge in [-0.15, -0.1) is 0 Å². The Labute approximate surface area is 128 Å². The number of amides is 1. The molecule has 0 unspecified atom stereocenters. The number of carbonyl (C=O) groups excluding carboxylic acids is 1. The fourth-order valence-electron chi connectivity index (χ4n) is 1.69. The van der Waals surface area contributed by atoms with Gasteiger partial charge in [0.05, 0.1) is 16.8 Å². The maximum absolute atomic E-state index is 12.2. The van der Waals surface area contributed by atoms with Crippen molar-refractivity contribution in [2.75, 3.05) is 11.1 Å². The largest absolute Gasteiger partial charge is 0.478 e. The molecular formula is C14H11IN2O3. The first kappa shape index (κ1) is 14.3. The highest BCUT2D eigenvalue weighted by Crippen LogP contribution is 2.21. The average molecular weight is 382 g/mol. The van der Waals surface area contributed by atoms with Gasteiger partial charge in [-0.1, -0.05) is 12.1 Å². The molecule has 4 N–H and O–H groups in total. The third-order valence-electron chi connectivity index (χ3n) is 2.64. The van der Waals surface area contributed by atoms with Gasteiger partial charge >= 0.3 is 5.97 Å². The van der Waals surface area contributed by atoms with Crippen molar-refractivity contribution in [2.24, 2.45) is 0 Å². The van der Waals surface area contributed by atoms with Crippen LogP contribution in [0.2, 0.25) is 0 Å². The lowest BCUT2D eigenvalue weighted by Crippen LogP contribution is -2.16. The fourth-order valence-corrected chi connectivity index (χ4v) is 2.32. The monoisotopic (exact) mass is 382 g/mol. The SMILES string of the molecule is Nc1ccc(C(=O)O)c(NC(=O)c2ccccc2I)c1. The summed E-state index contributed by atoms with van der Waals surface area (Å²) in [4.78, 5) is 23.3. The molecule has 0 bridgehead atoms. The van der Waals surface area contributed by atoms with Crippen molar-refractivity contribution < 1.29 is 14.7 Å². The Morgan fingerprint density at radius 3 is 2.45 bits per heavy atom. The van der Waals surface area contributed by atoms with E-state index in [-0.39, 0.29) is 17.2 Å². The van der Waals surface area contributed by atoms with E-state index in [1.807, 2.05) is 28.7 Å². The molecule has 5 nitrogen and oxygen atoms in total. The number of carboxylic acids is 1. The number of halogens is 1. The van der Waals surface area contributed by atoms with Gasteiger partial charge in [-0.3, -0.25) is 4.79 Å². The number of carboxylic acid groups (broad SMARTS) is 1. The molecule has 102 valence electrons. The van der Waals surface area contributed by atoms with Crippen LogP contribution in [-0.2, 0) is 0 Å². The molecule has 0 aliphatic carbocycles. The van der Waals surface area contributed by atoms with Gasteiger partial charge < -0.3 is 16.2 Å². The van der Waals surface area contributed by atoms with Crippen molar-refractivity contribution in [2.45, 2.75) is 0 Å². The number of nitrogens with one attached hydrogen (secondary N) is 1. The minimum Gasteiger partial charge on any atom is -0.478 e. The first-order valence-electron chi connectivity index (χ1n) is 5.67. The van der Waals surface area contributed by atoms with Gasteiger partial charge in [0.15, 0.2) is 0 Å². The van der Waals surface area contributed by atoms with Crippen molar-refractivity contribution in [3.63, 3.8) is 0 Å². The maximum atomic E-state index is 12.2. The maximum Gasteiger partial charge on any atom is 0.337 e. The lowest BCUT2D eigenvalue weighted by molar-refractivity contribution is 0.0698. The van der Waals surface area contributed by atoms with Crippen LogP contribution in [0, 0.1) is 3.57 Å². The molecule has 1 amide bonds. The third kappa shape index (κ3) is 3.08. The molecule has 0 atom stereocenters. The summed E-state index contributed by atoms with van der Waals surface area (Å²) < 4.78 is 0.781. The Hall–Kier alpha value is -2.09. The number of carbonyl (C=O) groups is 2. The zero-order valence-corrected chi connectivity index (χ0v) is 12.4. The number of benzene rings is 2. The van der Waals surface area contributed by atoms with Crippen molar-refractivity contribution in [1.82, 2.24) is 0 Å². The molecular weight excluding hydrogens is 371 g/mol. The smallest absolute Gasteiger partial charge is 0.337 e. The highest BCUT2D eigenvalue weighted by atomic mass is 127. The Balaban J connectivity index is 2.35. The van der Waals surface area contributed by atoms with Gasteiger partial charge in [0.2, 0.25) is 0 Å². The fraction of sp³-hybridized carbons (Fsp3) is 0. The Bertz CT molecular complexity index is 686. The zero-order valence-electron chi connectivity index (χ0n) is 10.3. The molecule has 6 heteroatoms. The predicted molar refractivity (Wildman–Crippen MR) is 84.9 cm³/mol. The lowest BCUT2D eigenvalue weighted by Gasteiger charge is -2.10. The van der Waals surface area contributed by atoms with Crippen molar-refractivity contribution in [3.05, 3.63) is 57.2 Å². The van der Waals surface area contributed by atoms with E-state index in [4.69, 9.17) is 10.8 Å². The normalized spacial score (nSPS) is 10.1. The molecule has 0 heterocycles. The summed E-state index contributed by atoms with van der Waals surface area (Å²) >= 11 is 2.05. The van der Waals surface area contributed by atoms with Gasteiger partial charge in [-0.25, -0.2) is 4.79 Å². The second-order valence-corrected chi connectivity index (χ2v) is 5.21. The van der Waals surface area contributed by atoms with Crippen molar-refractivity contribution in [3.8, 4) is 0 Å². The number of hydrogen-bond donors (Lipinski definition) is 3. The van der Waals surface area contributed by atoms with Gasteiger partial charge in [0.25, 0.3) is 5.91 Å². The van der Waals surface area contributed by atoms with Crippen LogP contribution in [0.15, 0.2) is 42.5 Å². The van der Waals surface area contributed by atoms with E-state index in [0.29, 0.717) is 11.3 Å². The van der Waals surface area contributed by atoms with E-state index in [1.54, 1.807) is 18.2 Å². The molecule has 0 saturated carbocycles. The summed E-state index contributed by atoms with van der Waals surface area (Å²) in [6, 6.07) is 11.3. The number of hydrogen-bond acceptors (Lipinski definition) is 3. The Morgan fingerprint density at radius 2 is 1.80 bits per heavy atom. The first-order chi connectivity index (χ1) is 9.49. The zero-order chi connectivity index (χ0) is 14.7. The van der Waals surface area contributed by atoms with E-state index < -0.39 is 5.97 Å². The van der Waals surface area contributed by atoms with Gasteiger partial charge in [-0.2, -0.15) is 0 Å². The van der Waals surface area contributed by atoms with Crippen LogP contribution in [0.3, 0.4) is 0 Å². The third-order valence-corrected chi connectivity index (χ3v) is 3.58. The number of nitrogens with two attached hydrogens (primary N) is 1. The van der Waals surface area contributed by atoms with E-state index >= 15 is 0 Å². The van der Waals surface area contributed by atoms with Gasteiger partial charge in [-0.05, 0) is 52.9 Å². The summed E-state index contributed by atoms with van der Waals surface area (Å²) in [5.41, 5.74) is 6.67. The van der Waals surface area contributed by atoms with Crippen molar-refractivity contribution >= 4 is 45.8 Å². The highest BCUT2D eigenvalue weighted by Gasteiger charge is 2.15. The van der Waals surface area contributed by atoms with Crippen LogP contribution in [-0.4, -0.2) is 17.0 Å². The molecule has 2 rings (SSSR count). The van der Waals surface area contributed by atoms with Gasteiger partial charge in [0.1, 0.15) is 0 Å². The average Bonchev–Trinajstić information content (AvgIpc) is 2.38. The predicted octanol–water partition coefficient (Wildman–Crippen LogP) is 2.82. The van der Waals surface area contributed by atoms with Crippen LogP contribution >= 0.6 is 22.6 Å². The van der Waals surface area contributed by atoms with Crippen LogP contribution in [0.1, 0.15) is 20.7 Å². The van der Waals surface area contributed by atoms with Crippen molar-refractivity contribution in [1.29, 1.82) is 0 Å². The molecule has 0 spiro atoms. The first-order valence-corrected chi connectivity index (χ1v) is 6.75. The molecule has 0 aliphatic rings. The Kier molecular flexibility index (Phi) is 4.23. The van der Waals surface area contributed by atoms with E-state index in [1.165, 1.54) is 18.2 Å². The van der Waals surface area contributed by atoms with Crippen LogP contribution in [0.25, 0.3) is 0 Å². The Morgan fingerprint density at radius 1 is 1.10 bits per heavy atom. The molecule has 0 aromatic heterocycles. The topological polar surface area (TPSA) is 92.4 Å². The number of aromatic carboxylic acids is 1.